The Hall–Kier alpha value is -2.08. The molecule has 6 nitrogen and oxygen atoms in total. The molecule has 1 N–H and O–H groups in total. The minimum Gasteiger partial charge on any atom is -0.388 e. The van der Waals surface area contributed by atoms with Crippen LogP contribution < -0.4 is 5.69 Å². The Bertz CT molecular complexity index is 797. The third-order valence-corrected chi connectivity index (χ3v) is 4.73. The van der Waals surface area contributed by atoms with Crippen molar-refractivity contribution < 1.29 is 9.90 Å². The van der Waals surface area contributed by atoms with Gasteiger partial charge in [-0.05, 0) is 38.8 Å². The zero-order valence-corrected chi connectivity index (χ0v) is 13.8. The van der Waals surface area contributed by atoms with Crippen molar-refractivity contribution in [3.8, 4) is 0 Å². The number of aromatic nitrogens is 2. The number of fused-ring (bicyclic) bond motifs is 1. The SMILES string of the molecule is Cn1c(=O)n(CC(=O)N2CCCC2C(C)(C)O)c2ccccc21. The van der Waals surface area contributed by atoms with Crippen LogP contribution >= 0.6 is 0 Å². The molecule has 23 heavy (non-hydrogen) atoms. The van der Waals surface area contributed by atoms with E-state index in [-0.39, 0.29) is 24.2 Å². The predicted octanol–water partition coefficient (Wildman–Crippen LogP) is 1.10. The van der Waals surface area contributed by atoms with Gasteiger partial charge in [-0.2, -0.15) is 0 Å². The third-order valence-electron chi connectivity index (χ3n) is 4.73. The maximum absolute atomic E-state index is 12.7. The highest BCUT2D eigenvalue weighted by Crippen LogP contribution is 2.27. The van der Waals surface area contributed by atoms with Crippen LogP contribution in [-0.4, -0.2) is 43.2 Å². The molecule has 2 aromatic rings. The van der Waals surface area contributed by atoms with Crippen LogP contribution in [0.15, 0.2) is 29.1 Å². The summed E-state index contributed by atoms with van der Waals surface area (Å²) in [4.78, 5) is 26.9. The number of carbonyl (C=O) groups is 1. The van der Waals surface area contributed by atoms with Crippen molar-refractivity contribution in [2.24, 2.45) is 7.05 Å². The Morgan fingerprint density at radius 2 is 1.96 bits per heavy atom. The second kappa shape index (κ2) is 5.53. The van der Waals surface area contributed by atoms with Crippen molar-refractivity contribution in [2.45, 2.75) is 44.9 Å². The lowest BCUT2D eigenvalue weighted by Gasteiger charge is -2.33. The third kappa shape index (κ3) is 2.67. The first-order chi connectivity index (χ1) is 10.8. The number of benzene rings is 1. The zero-order valence-electron chi connectivity index (χ0n) is 13.8. The lowest BCUT2D eigenvalue weighted by Crippen LogP contribution is -2.49. The topological polar surface area (TPSA) is 67.5 Å². The van der Waals surface area contributed by atoms with Crippen LogP contribution in [0.4, 0.5) is 0 Å². The average Bonchev–Trinajstić information content (AvgIpc) is 3.08. The first kappa shape index (κ1) is 15.8. The standard InChI is InChI=1S/C17H23N3O3/c1-17(2,23)14-9-6-10-19(14)15(21)11-20-13-8-5-4-7-12(13)18(3)16(20)22/h4-5,7-8,14,23H,6,9-11H2,1-3H3. The maximum Gasteiger partial charge on any atom is 0.329 e. The van der Waals surface area contributed by atoms with E-state index >= 15 is 0 Å². The van der Waals surface area contributed by atoms with Crippen molar-refractivity contribution in [2.75, 3.05) is 6.54 Å². The van der Waals surface area contributed by atoms with Crippen molar-refractivity contribution >= 4 is 16.9 Å². The molecule has 1 saturated heterocycles. The molecule has 1 aliphatic heterocycles. The summed E-state index contributed by atoms with van der Waals surface area (Å²) in [5.41, 5.74) is 0.437. The lowest BCUT2D eigenvalue weighted by atomic mass is 9.96. The van der Waals surface area contributed by atoms with E-state index in [0.717, 1.165) is 23.9 Å². The fraction of sp³-hybridized carbons (Fsp3) is 0.529. The Balaban J connectivity index is 1.92. The molecule has 6 heteroatoms. The molecule has 1 unspecified atom stereocenters. The van der Waals surface area contributed by atoms with Gasteiger partial charge in [0.2, 0.25) is 5.91 Å². The van der Waals surface area contributed by atoms with Gasteiger partial charge in [-0.3, -0.25) is 13.9 Å². The average molecular weight is 317 g/mol. The van der Waals surface area contributed by atoms with Gasteiger partial charge >= 0.3 is 5.69 Å². The Morgan fingerprint density at radius 1 is 1.30 bits per heavy atom. The first-order valence-electron chi connectivity index (χ1n) is 7.97. The maximum atomic E-state index is 12.7. The van der Waals surface area contributed by atoms with E-state index in [1.165, 1.54) is 4.57 Å². The summed E-state index contributed by atoms with van der Waals surface area (Å²) in [6.07, 6.45) is 1.67. The minimum atomic E-state index is -0.935. The van der Waals surface area contributed by atoms with Gasteiger partial charge in [-0.25, -0.2) is 4.79 Å². The highest BCUT2D eigenvalue weighted by Gasteiger charge is 2.38. The number of imidazole rings is 1. The molecule has 0 aliphatic carbocycles. The number of para-hydroxylation sites is 2. The largest absolute Gasteiger partial charge is 0.388 e. The van der Waals surface area contributed by atoms with Gasteiger partial charge in [0.25, 0.3) is 0 Å². The number of rotatable bonds is 3. The zero-order chi connectivity index (χ0) is 16.8. The van der Waals surface area contributed by atoms with Gasteiger partial charge in [0.1, 0.15) is 6.54 Å². The van der Waals surface area contributed by atoms with Crippen LogP contribution in [0.2, 0.25) is 0 Å². The molecule has 2 heterocycles. The molecule has 1 aromatic heterocycles. The smallest absolute Gasteiger partial charge is 0.329 e. The summed E-state index contributed by atoms with van der Waals surface area (Å²) in [6.45, 7) is 4.10. The fourth-order valence-corrected chi connectivity index (χ4v) is 3.54. The molecule has 3 rings (SSSR count). The van der Waals surface area contributed by atoms with Gasteiger partial charge in [0, 0.05) is 13.6 Å². The van der Waals surface area contributed by atoms with Crippen LogP contribution in [0.1, 0.15) is 26.7 Å². The van der Waals surface area contributed by atoms with Gasteiger partial charge < -0.3 is 10.0 Å². The summed E-state index contributed by atoms with van der Waals surface area (Å²) in [5, 5.41) is 10.3. The van der Waals surface area contributed by atoms with Crippen molar-refractivity contribution in [3.63, 3.8) is 0 Å². The molecule has 1 amide bonds. The van der Waals surface area contributed by atoms with E-state index in [0.29, 0.717) is 6.54 Å². The Morgan fingerprint density at radius 3 is 2.61 bits per heavy atom. The lowest BCUT2D eigenvalue weighted by molar-refractivity contribution is -0.137. The van der Waals surface area contributed by atoms with E-state index in [4.69, 9.17) is 0 Å². The highest BCUT2D eigenvalue weighted by molar-refractivity contribution is 5.81. The number of nitrogens with zero attached hydrogens (tertiary/aromatic N) is 3. The molecule has 124 valence electrons. The number of carbonyl (C=O) groups excluding carboxylic acids is 1. The molecule has 0 bridgehead atoms. The fourth-order valence-electron chi connectivity index (χ4n) is 3.54. The van der Waals surface area contributed by atoms with E-state index < -0.39 is 5.60 Å². The van der Waals surface area contributed by atoms with Crippen LogP contribution in [0.25, 0.3) is 11.0 Å². The number of hydrogen-bond acceptors (Lipinski definition) is 3. The monoisotopic (exact) mass is 317 g/mol. The summed E-state index contributed by atoms with van der Waals surface area (Å²) in [6, 6.07) is 7.26. The Labute approximate surface area is 134 Å². The van der Waals surface area contributed by atoms with Crippen LogP contribution in [0.5, 0.6) is 0 Å². The van der Waals surface area contributed by atoms with E-state index in [9.17, 15) is 14.7 Å². The van der Waals surface area contributed by atoms with Gasteiger partial charge in [0.05, 0.1) is 22.7 Å². The summed E-state index contributed by atoms with van der Waals surface area (Å²) >= 11 is 0. The van der Waals surface area contributed by atoms with Gasteiger partial charge in [-0.1, -0.05) is 12.1 Å². The van der Waals surface area contributed by atoms with Gasteiger partial charge in [-0.15, -0.1) is 0 Å². The molecular weight excluding hydrogens is 294 g/mol. The number of aryl methyl sites for hydroxylation is 1. The molecule has 1 aromatic carbocycles. The number of hydrogen-bond donors (Lipinski definition) is 1. The van der Waals surface area contributed by atoms with Crippen molar-refractivity contribution in [3.05, 3.63) is 34.7 Å². The predicted molar refractivity (Wildman–Crippen MR) is 88.2 cm³/mol. The van der Waals surface area contributed by atoms with E-state index in [2.05, 4.69) is 0 Å². The summed E-state index contributed by atoms with van der Waals surface area (Å²) in [7, 11) is 1.71. The summed E-state index contributed by atoms with van der Waals surface area (Å²) in [5.74, 6) is -0.118. The first-order valence-corrected chi connectivity index (χ1v) is 7.97. The molecule has 0 spiro atoms. The molecule has 1 atom stereocenters. The van der Waals surface area contributed by atoms with Crippen LogP contribution in [0.3, 0.4) is 0 Å². The number of aliphatic hydroxyl groups is 1. The second-order valence-electron chi connectivity index (χ2n) is 6.82. The normalized spacial score (nSPS) is 18.8. The molecule has 0 radical (unpaired) electrons. The molecule has 0 saturated carbocycles. The summed E-state index contributed by atoms with van der Waals surface area (Å²) < 4.78 is 3.07. The van der Waals surface area contributed by atoms with Crippen molar-refractivity contribution in [1.29, 1.82) is 0 Å². The molecular formula is C17H23N3O3. The second-order valence-corrected chi connectivity index (χ2v) is 6.82. The number of amides is 1. The highest BCUT2D eigenvalue weighted by atomic mass is 16.3. The van der Waals surface area contributed by atoms with Gasteiger partial charge in [0.15, 0.2) is 0 Å². The van der Waals surface area contributed by atoms with Crippen LogP contribution in [0, 0.1) is 0 Å². The van der Waals surface area contributed by atoms with E-state index in [1.807, 2.05) is 24.3 Å². The molecule has 1 aliphatic rings. The Kier molecular flexibility index (Phi) is 3.80. The van der Waals surface area contributed by atoms with Crippen molar-refractivity contribution in [1.82, 2.24) is 14.0 Å². The molecule has 1 fully saturated rings. The quantitative estimate of drug-likeness (QED) is 0.922. The minimum absolute atomic E-state index is 0.00671. The number of likely N-dealkylation sites (tertiary alicyclic amines) is 1. The van der Waals surface area contributed by atoms with E-state index in [1.54, 1.807) is 30.4 Å². The van der Waals surface area contributed by atoms with Crippen LogP contribution in [-0.2, 0) is 18.4 Å².